The van der Waals surface area contributed by atoms with Gasteiger partial charge in [0.1, 0.15) is 6.04 Å². The third-order valence-electron chi connectivity index (χ3n) is 4.54. The van der Waals surface area contributed by atoms with Crippen molar-refractivity contribution in [3.05, 3.63) is 59.7 Å². The zero-order valence-electron chi connectivity index (χ0n) is 15.0. The fourth-order valence-electron chi connectivity index (χ4n) is 3.23. The molecule has 29 heavy (non-hydrogen) atoms. The summed E-state index contributed by atoms with van der Waals surface area (Å²) in [5.74, 6) is -0.661. The van der Waals surface area contributed by atoms with Gasteiger partial charge in [-0.05, 0) is 43.2 Å². The highest BCUT2D eigenvalue weighted by Crippen LogP contribution is 2.37. The second-order valence-electron chi connectivity index (χ2n) is 6.45. The Balaban J connectivity index is 1.90. The van der Waals surface area contributed by atoms with Crippen LogP contribution in [0.2, 0.25) is 0 Å². The number of nitrogens with one attached hydrogen (secondary N) is 1. The minimum absolute atomic E-state index is 0.0646. The van der Waals surface area contributed by atoms with Crippen LogP contribution < -0.4 is 5.32 Å². The van der Waals surface area contributed by atoms with Crippen LogP contribution in [0.4, 0.5) is 18.9 Å². The molecule has 10 heteroatoms. The van der Waals surface area contributed by atoms with E-state index in [1.165, 1.54) is 24.3 Å². The first kappa shape index (κ1) is 20.8. The zero-order valence-corrected chi connectivity index (χ0v) is 15.8. The molecule has 0 aliphatic carbocycles. The number of carbonyl (C=O) groups excluding carboxylic acids is 1. The Morgan fingerprint density at radius 1 is 1.17 bits per heavy atom. The van der Waals surface area contributed by atoms with Crippen LogP contribution in [0.5, 0.6) is 0 Å². The van der Waals surface area contributed by atoms with Crippen molar-refractivity contribution in [1.29, 1.82) is 5.26 Å². The highest BCUT2D eigenvalue weighted by Gasteiger charge is 2.44. The number of anilines is 1. The molecule has 1 N–H and O–H groups in total. The van der Waals surface area contributed by atoms with Crippen LogP contribution in [0, 0.1) is 11.3 Å². The molecule has 0 aromatic heterocycles. The molecule has 0 bridgehead atoms. The van der Waals surface area contributed by atoms with Crippen molar-refractivity contribution in [2.45, 2.75) is 30.0 Å². The molecule has 3 rings (SSSR count). The molecule has 0 spiro atoms. The summed E-state index contributed by atoms with van der Waals surface area (Å²) in [4.78, 5) is 11.8. The number of alkyl halides is 3. The van der Waals surface area contributed by atoms with E-state index in [0.29, 0.717) is 23.7 Å². The van der Waals surface area contributed by atoms with E-state index in [0.717, 1.165) is 16.4 Å². The summed E-state index contributed by atoms with van der Waals surface area (Å²) in [6.45, 7) is -0.0646. The molecule has 1 heterocycles. The molecule has 0 saturated carbocycles. The SMILES string of the molecule is N#Cc1cccc(NC(=O)[C@H]2CCCN2S(=O)(=O)c2ccccc2C(F)(F)F)c1. The standard InChI is InChI=1S/C19H16F3N3O3S/c20-19(21,22)15-7-1-2-9-17(15)29(27,28)25-10-4-8-16(25)18(26)24-14-6-3-5-13(11-14)12-23/h1-3,5-7,9,11,16H,4,8,10H2,(H,24,26)/t16-/m1/s1. The minimum atomic E-state index is -4.85. The van der Waals surface area contributed by atoms with Gasteiger partial charge in [-0.15, -0.1) is 0 Å². The molecule has 1 amide bonds. The monoisotopic (exact) mass is 423 g/mol. The van der Waals surface area contributed by atoms with Crippen molar-refractivity contribution in [3.8, 4) is 6.07 Å². The van der Waals surface area contributed by atoms with E-state index in [1.54, 1.807) is 6.07 Å². The number of nitrogens with zero attached hydrogens (tertiary/aromatic N) is 2. The van der Waals surface area contributed by atoms with E-state index in [2.05, 4.69) is 5.32 Å². The summed E-state index contributed by atoms with van der Waals surface area (Å²) >= 11 is 0. The van der Waals surface area contributed by atoms with Gasteiger partial charge in [-0.3, -0.25) is 4.79 Å². The second-order valence-corrected chi connectivity index (χ2v) is 8.31. The zero-order chi connectivity index (χ0) is 21.2. The number of hydrogen-bond donors (Lipinski definition) is 1. The van der Waals surface area contributed by atoms with Crippen LogP contribution in [-0.4, -0.2) is 31.2 Å². The molecule has 0 radical (unpaired) electrons. The molecule has 1 fully saturated rings. The summed E-state index contributed by atoms with van der Waals surface area (Å²) in [7, 11) is -4.55. The number of carbonyl (C=O) groups is 1. The lowest BCUT2D eigenvalue weighted by atomic mass is 10.2. The Hall–Kier alpha value is -2.90. The summed E-state index contributed by atoms with van der Waals surface area (Å²) < 4.78 is 66.6. The number of benzene rings is 2. The summed E-state index contributed by atoms with van der Waals surface area (Å²) in [6.07, 6.45) is -4.33. The highest BCUT2D eigenvalue weighted by atomic mass is 32.2. The third-order valence-corrected chi connectivity index (χ3v) is 6.51. The van der Waals surface area contributed by atoms with Gasteiger partial charge in [0.25, 0.3) is 0 Å². The fourth-order valence-corrected chi connectivity index (χ4v) is 5.10. The fraction of sp³-hybridized carbons (Fsp3) is 0.263. The summed E-state index contributed by atoms with van der Waals surface area (Å²) in [5, 5.41) is 11.5. The Kier molecular flexibility index (Phi) is 5.64. The molecule has 1 aliphatic heterocycles. The molecule has 152 valence electrons. The van der Waals surface area contributed by atoms with Gasteiger partial charge in [0.2, 0.25) is 15.9 Å². The van der Waals surface area contributed by atoms with E-state index in [9.17, 15) is 26.4 Å². The lowest BCUT2D eigenvalue weighted by Gasteiger charge is -2.25. The number of nitriles is 1. The van der Waals surface area contributed by atoms with Crippen molar-refractivity contribution in [1.82, 2.24) is 4.31 Å². The van der Waals surface area contributed by atoms with Gasteiger partial charge >= 0.3 is 6.18 Å². The van der Waals surface area contributed by atoms with Crippen LogP contribution in [0.1, 0.15) is 24.0 Å². The predicted molar refractivity (Wildman–Crippen MR) is 98.1 cm³/mol. The van der Waals surface area contributed by atoms with Crippen LogP contribution in [0.3, 0.4) is 0 Å². The molecule has 2 aromatic carbocycles. The van der Waals surface area contributed by atoms with E-state index in [-0.39, 0.29) is 13.0 Å². The maximum absolute atomic E-state index is 13.3. The number of amides is 1. The van der Waals surface area contributed by atoms with Crippen LogP contribution in [0.15, 0.2) is 53.4 Å². The van der Waals surface area contributed by atoms with Crippen LogP contribution in [0.25, 0.3) is 0 Å². The average molecular weight is 423 g/mol. The van der Waals surface area contributed by atoms with Gasteiger partial charge in [0.05, 0.1) is 22.1 Å². The molecule has 6 nitrogen and oxygen atoms in total. The van der Waals surface area contributed by atoms with Crippen LogP contribution >= 0.6 is 0 Å². The first-order chi connectivity index (χ1) is 13.6. The predicted octanol–water partition coefficient (Wildman–Crippen LogP) is 3.37. The molecule has 1 atom stereocenters. The van der Waals surface area contributed by atoms with Gasteiger partial charge in [-0.1, -0.05) is 18.2 Å². The Bertz CT molecular complexity index is 1080. The van der Waals surface area contributed by atoms with E-state index in [4.69, 9.17) is 5.26 Å². The number of hydrogen-bond acceptors (Lipinski definition) is 4. The first-order valence-electron chi connectivity index (χ1n) is 8.63. The Morgan fingerprint density at radius 3 is 2.59 bits per heavy atom. The Morgan fingerprint density at radius 2 is 1.90 bits per heavy atom. The van der Waals surface area contributed by atoms with Gasteiger partial charge in [-0.25, -0.2) is 8.42 Å². The molecular weight excluding hydrogens is 407 g/mol. The summed E-state index contributed by atoms with van der Waals surface area (Å²) in [6, 6.07) is 10.7. The largest absolute Gasteiger partial charge is 0.417 e. The van der Waals surface area contributed by atoms with Crippen molar-refractivity contribution < 1.29 is 26.4 Å². The van der Waals surface area contributed by atoms with Gasteiger partial charge in [0, 0.05) is 12.2 Å². The minimum Gasteiger partial charge on any atom is -0.325 e. The molecule has 0 unspecified atom stereocenters. The molecule has 1 aliphatic rings. The maximum atomic E-state index is 13.3. The van der Waals surface area contributed by atoms with Crippen molar-refractivity contribution >= 4 is 21.6 Å². The van der Waals surface area contributed by atoms with E-state index < -0.39 is 38.6 Å². The second kappa shape index (κ2) is 7.85. The highest BCUT2D eigenvalue weighted by molar-refractivity contribution is 7.89. The van der Waals surface area contributed by atoms with E-state index >= 15 is 0 Å². The van der Waals surface area contributed by atoms with Gasteiger partial charge < -0.3 is 5.32 Å². The topological polar surface area (TPSA) is 90.3 Å². The Labute approximate surface area is 165 Å². The first-order valence-corrected chi connectivity index (χ1v) is 10.1. The van der Waals surface area contributed by atoms with E-state index in [1.807, 2.05) is 6.07 Å². The lowest BCUT2D eigenvalue weighted by molar-refractivity contribution is -0.139. The number of sulfonamides is 1. The lowest BCUT2D eigenvalue weighted by Crippen LogP contribution is -2.43. The van der Waals surface area contributed by atoms with Gasteiger partial charge in [-0.2, -0.15) is 22.7 Å². The summed E-state index contributed by atoms with van der Waals surface area (Å²) in [5.41, 5.74) is -0.667. The van der Waals surface area contributed by atoms with Crippen molar-refractivity contribution in [2.75, 3.05) is 11.9 Å². The normalized spacial score (nSPS) is 17.7. The van der Waals surface area contributed by atoms with Crippen molar-refractivity contribution in [3.63, 3.8) is 0 Å². The maximum Gasteiger partial charge on any atom is 0.417 e. The smallest absolute Gasteiger partial charge is 0.325 e. The number of rotatable bonds is 4. The van der Waals surface area contributed by atoms with Crippen molar-refractivity contribution in [2.24, 2.45) is 0 Å². The average Bonchev–Trinajstić information content (AvgIpc) is 3.18. The third kappa shape index (κ3) is 4.26. The molecule has 1 saturated heterocycles. The molecular formula is C19H16F3N3O3S. The number of halogens is 3. The van der Waals surface area contributed by atoms with Crippen LogP contribution in [-0.2, 0) is 21.0 Å². The van der Waals surface area contributed by atoms with Gasteiger partial charge in [0.15, 0.2) is 0 Å². The quantitative estimate of drug-likeness (QED) is 0.817. The molecule has 2 aromatic rings.